The zero-order valence-electron chi connectivity index (χ0n) is 14.3. The van der Waals surface area contributed by atoms with Gasteiger partial charge in [-0.05, 0) is 49.2 Å². The topological polar surface area (TPSA) is 43.3 Å². The van der Waals surface area contributed by atoms with Gasteiger partial charge in [-0.15, -0.1) is 0 Å². The van der Waals surface area contributed by atoms with Gasteiger partial charge < -0.3 is 14.6 Å². The van der Waals surface area contributed by atoms with Gasteiger partial charge in [-0.2, -0.15) is 0 Å². The van der Waals surface area contributed by atoms with Crippen molar-refractivity contribution in [2.24, 2.45) is 0 Å². The molecule has 24 heavy (non-hydrogen) atoms. The first-order valence-electron chi connectivity index (χ1n) is 8.08. The molecular weight excluding hydrogens is 300 g/mol. The van der Waals surface area contributed by atoms with E-state index < -0.39 is 0 Å². The van der Waals surface area contributed by atoms with E-state index >= 15 is 0 Å². The molecule has 1 N–H and O–H groups in total. The minimum atomic E-state index is -0.00477. The van der Waals surface area contributed by atoms with Crippen LogP contribution in [0.1, 0.15) is 18.1 Å². The third kappa shape index (κ3) is 3.27. The van der Waals surface area contributed by atoms with Crippen LogP contribution in [0, 0.1) is 6.92 Å². The molecule has 0 unspecified atom stereocenters. The van der Waals surface area contributed by atoms with Crippen molar-refractivity contribution in [2.45, 2.75) is 20.3 Å². The van der Waals surface area contributed by atoms with Crippen LogP contribution in [0.25, 0.3) is 16.6 Å². The van der Waals surface area contributed by atoms with Crippen LogP contribution in [0.2, 0.25) is 0 Å². The van der Waals surface area contributed by atoms with Crippen LogP contribution >= 0.6 is 0 Å². The lowest BCUT2D eigenvalue weighted by molar-refractivity contribution is -0.118. The van der Waals surface area contributed by atoms with Gasteiger partial charge in [0.2, 0.25) is 5.91 Å². The molecule has 2 aromatic carbocycles. The van der Waals surface area contributed by atoms with Crippen LogP contribution in [0.4, 0.5) is 0 Å². The molecule has 0 aliphatic rings. The van der Waals surface area contributed by atoms with Gasteiger partial charge in [0.05, 0.1) is 12.6 Å². The van der Waals surface area contributed by atoms with Crippen molar-refractivity contribution < 1.29 is 9.53 Å². The zero-order valence-corrected chi connectivity index (χ0v) is 14.3. The molecule has 3 rings (SSSR count). The first kappa shape index (κ1) is 16.1. The fourth-order valence-electron chi connectivity index (χ4n) is 2.90. The van der Waals surface area contributed by atoms with E-state index in [4.69, 9.17) is 4.74 Å². The highest BCUT2D eigenvalue weighted by Gasteiger charge is 2.11. The molecule has 3 aromatic rings. The number of hydrogen-bond acceptors (Lipinski definition) is 2. The molecule has 0 atom stereocenters. The van der Waals surface area contributed by atoms with Gasteiger partial charge in [0, 0.05) is 30.7 Å². The third-order valence-corrected chi connectivity index (χ3v) is 4.17. The van der Waals surface area contributed by atoms with Gasteiger partial charge in [0.15, 0.2) is 0 Å². The Morgan fingerprint density at radius 3 is 2.58 bits per heavy atom. The second-order valence-corrected chi connectivity index (χ2v) is 5.98. The average Bonchev–Trinajstić information content (AvgIpc) is 2.93. The summed E-state index contributed by atoms with van der Waals surface area (Å²) in [5.41, 5.74) is 4.69. The predicted molar refractivity (Wildman–Crippen MR) is 97.0 cm³/mol. The number of nitrogens with zero attached hydrogens (tertiary/aromatic N) is 1. The second-order valence-electron chi connectivity index (χ2n) is 5.98. The summed E-state index contributed by atoms with van der Waals surface area (Å²) in [6.07, 6.45) is 2.93. The molecule has 4 nitrogen and oxygen atoms in total. The number of hydrogen-bond donors (Lipinski definition) is 1. The predicted octanol–water partition coefficient (Wildman–Crippen LogP) is 3.63. The monoisotopic (exact) mass is 322 g/mol. The summed E-state index contributed by atoms with van der Waals surface area (Å²) < 4.78 is 7.56. The summed E-state index contributed by atoms with van der Waals surface area (Å²) in [6, 6.07) is 14.6. The summed E-state index contributed by atoms with van der Waals surface area (Å²) in [4.78, 5) is 11.1. The third-order valence-electron chi connectivity index (χ3n) is 4.17. The van der Waals surface area contributed by atoms with Crippen molar-refractivity contribution in [1.82, 2.24) is 9.88 Å². The Morgan fingerprint density at radius 2 is 1.92 bits per heavy atom. The SMILES string of the molecule is COc1ccc2c(c1)c(CCNC(C)=O)cn2-c1ccc(C)cc1. The van der Waals surface area contributed by atoms with E-state index in [1.807, 2.05) is 6.07 Å². The summed E-state index contributed by atoms with van der Waals surface area (Å²) in [7, 11) is 1.68. The van der Waals surface area contributed by atoms with Crippen molar-refractivity contribution >= 4 is 16.8 Å². The number of carbonyl (C=O) groups is 1. The van der Waals surface area contributed by atoms with Crippen molar-refractivity contribution in [3.05, 3.63) is 59.8 Å². The Bertz CT molecular complexity index is 863. The number of methoxy groups -OCH3 is 1. The van der Waals surface area contributed by atoms with E-state index in [9.17, 15) is 4.79 Å². The van der Waals surface area contributed by atoms with E-state index in [-0.39, 0.29) is 5.91 Å². The maximum atomic E-state index is 11.1. The average molecular weight is 322 g/mol. The molecule has 0 aliphatic carbocycles. The van der Waals surface area contributed by atoms with Crippen LogP contribution in [0.3, 0.4) is 0 Å². The normalized spacial score (nSPS) is 10.8. The lowest BCUT2D eigenvalue weighted by Gasteiger charge is -2.06. The van der Waals surface area contributed by atoms with E-state index in [1.165, 1.54) is 11.1 Å². The molecule has 0 saturated carbocycles. The van der Waals surface area contributed by atoms with E-state index in [0.717, 1.165) is 28.8 Å². The molecule has 1 heterocycles. The quantitative estimate of drug-likeness (QED) is 0.779. The van der Waals surface area contributed by atoms with Crippen molar-refractivity contribution in [2.75, 3.05) is 13.7 Å². The number of nitrogens with one attached hydrogen (secondary N) is 1. The molecule has 124 valence electrons. The number of ether oxygens (including phenoxy) is 1. The minimum Gasteiger partial charge on any atom is -0.497 e. The van der Waals surface area contributed by atoms with Crippen LogP contribution in [0.15, 0.2) is 48.7 Å². The van der Waals surface area contributed by atoms with Crippen molar-refractivity contribution in [3.63, 3.8) is 0 Å². The number of amides is 1. The zero-order chi connectivity index (χ0) is 17.1. The summed E-state index contributed by atoms with van der Waals surface area (Å²) in [5.74, 6) is 0.833. The van der Waals surface area contributed by atoms with Gasteiger partial charge in [0.25, 0.3) is 0 Å². The summed E-state index contributed by atoms with van der Waals surface area (Å²) in [5, 5.41) is 4.02. The fourth-order valence-corrected chi connectivity index (χ4v) is 2.90. The molecular formula is C20H22N2O2. The summed E-state index contributed by atoms with van der Waals surface area (Å²) >= 11 is 0. The largest absolute Gasteiger partial charge is 0.497 e. The highest BCUT2D eigenvalue weighted by atomic mass is 16.5. The van der Waals surface area contributed by atoms with Crippen molar-refractivity contribution in [3.8, 4) is 11.4 Å². The van der Waals surface area contributed by atoms with E-state index in [0.29, 0.717) is 6.54 Å². The van der Waals surface area contributed by atoms with Crippen LogP contribution in [-0.4, -0.2) is 24.1 Å². The van der Waals surface area contributed by atoms with E-state index in [1.54, 1.807) is 14.0 Å². The molecule has 4 heteroatoms. The first-order valence-corrected chi connectivity index (χ1v) is 8.08. The second kappa shape index (κ2) is 6.79. The molecule has 0 radical (unpaired) electrons. The maximum Gasteiger partial charge on any atom is 0.216 e. The summed E-state index contributed by atoms with van der Waals surface area (Å²) in [6.45, 7) is 4.25. The van der Waals surface area contributed by atoms with Gasteiger partial charge in [-0.3, -0.25) is 4.79 Å². The molecule has 1 aromatic heterocycles. The number of aromatic nitrogens is 1. The Balaban J connectivity index is 2.05. The van der Waals surface area contributed by atoms with Crippen molar-refractivity contribution in [1.29, 1.82) is 0 Å². The highest BCUT2D eigenvalue weighted by Crippen LogP contribution is 2.29. The molecule has 0 saturated heterocycles. The minimum absolute atomic E-state index is 0.00477. The highest BCUT2D eigenvalue weighted by molar-refractivity contribution is 5.87. The van der Waals surface area contributed by atoms with Crippen LogP contribution in [0.5, 0.6) is 5.75 Å². The van der Waals surface area contributed by atoms with E-state index in [2.05, 4.69) is 59.4 Å². The van der Waals surface area contributed by atoms with Crippen LogP contribution in [-0.2, 0) is 11.2 Å². The van der Waals surface area contributed by atoms with Gasteiger partial charge in [-0.1, -0.05) is 17.7 Å². The Hall–Kier alpha value is -2.75. The Kier molecular flexibility index (Phi) is 4.56. The molecule has 0 aliphatic heterocycles. The molecule has 0 spiro atoms. The molecule has 1 amide bonds. The van der Waals surface area contributed by atoms with Crippen LogP contribution < -0.4 is 10.1 Å². The number of benzene rings is 2. The Morgan fingerprint density at radius 1 is 1.17 bits per heavy atom. The fraction of sp³-hybridized carbons (Fsp3) is 0.250. The van der Waals surface area contributed by atoms with Gasteiger partial charge in [0.1, 0.15) is 5.75 Å². The molecule has 0 fully saturated rings. The first-order chi connectivity index (χ1) is 11.6. The smallest absolute Gasteiger partial charge is 0.216 e. The number of fused-ring (bicyclic) bond motifs is 1. The maximum absolute atomic E-state index is 11.1. The standard InChI is InChI=1S/C20H22N2O2/c1-14-4-6-17(7-5-14)22-13-16(10-11-21-15(2)23)19-12-18(24-3)8-9-20(19)22/h4-9,12-13H,10-11H2,1-3H3,(H,21,23). The lowest BCUT2D eigenvalue weighted by Crippen LogP contribution is -2.22. The lowest BCUT2D eigenvalue weighted by atomic mass is 10.1. The Labute approximate surface area is 142 Å². The van der Waals surface area contributed by atoms with Gasteiger partial charge in [-0.25, -0.2) is 0 Å². The molecule has 0 bridgehead atoms. The number of carbonyl (C=O) groups excluding carboxylic acids is 1. The number of aryl methyl sites for hydroxylation is 1. The van der Waals surface area contributed by atoms with Gasteiger partial charge >= 0.3 is 0 Å². The number of rotatable bonds is 5.